The lowest BCUT2D eigenvalue weighted by Gasteiger charge is -2.08. The van der Waals surface area contributed by atoms with Gasteiger partial charge < -0.3 is 28.9 Å². The number of esters is 4. The molecule has 0 amide bonds. The molecular formula is C48H30N4O8. The minimum Gasteiger partial charge on any atom is -0.418 e. The van der Waals surface area contributed by atoms with Gasteiger partial charge >= 0.3 is 23.9 Å². The molecule has 5 heterocycles. The van der Waals surface area contributed by atoms with E-state index in [0.717, 1.165) is 0 Å². The van der Waals surface area contributed by atoms with Crippen molar-refractivity contribution in [1.82, 2.24) is 19.9 Å². The van der Waals surface area contributed by atoms with E-state index in [0.29, 0.717) is 22.1 Å². The van der Waals surface area contributed by atoms with Crippen molar-refractivity contribution in [2.75, 3.05) is 0 Å². The van der Waals surface area contributed by atoms with Gasteiger partial charge in [-0.3, -0.25) is 0 Å². The zero-order valence-corrected chi connectivity index (χ0v) is 31.3. The molecule has 0 saturated carbocycles. The third kappa shape index (κ3) is 7.59. The van der Waals surface area contributed by atoms with E-state index in [1.54, 1.807) is 170 Å². The first kappa shape index (κ1) is 37.0. The fourth-order valence-electron chi connectivity index (χ4n) is 6.43. The summed E-state index contributed by atoms with van der Waals surface area (Å²) >= 11 is 0. The zero-order chi connectivity index (χ0) is 41.0. The molecule has 3 aromatic heterocycles. The molecule has 290 valence electrons. The van der Waals surface area contributed by atoms with Crippen molar-refractivity contribution in [3.63, 3.8) is 0 Å². The zero-order valence-electron chi connectivity index (χ0n) is 31.3. The summed E-state index contributed by atoms with van der Waals surface area (Å²) in [6.45, 7) is 0. The molecule has 0 atom stereocenters. The number of nitrogens with one attached hydrogen (secondary N) is 2. The average Bonchev–Trinajstić information content (AvgIpc) is 4.15. The van der Waals surface area contributed by atoms with Crippen LogP contribution in [0.2, 0.25) is 0 Å². The molecule has 0 fully saturated rings. The molecule has 0 unspecified atom stereocenters. The minimum atomic E-state index is -0.662. The van der Waals surface area contributed by atoms with Crippen LogP contribution < -0.4 is 18.9 Å². The number of hydrogen-bond donors (Lipinski definition) is 2. The molecule has 2 aliphatic rings. The normalized spacial score (nSPS) is 11.5. The maximum absolute atomic E-state index is 13.6. The Balaban J connectivity index is 1.32. The molecule has 0 spiro atoms. The third-order valence-corrected chi connectivity index (χ3v) is 9.38. The van der Waals surface area contributed by atoms with Gasteiger partial charge in [-0.1, -0.05) is 72.8 Å². The quantitative estimate of drug-likeness (QED) is 0.142. The molecule has 12 heteroatoms. The van der Waals surface area contributed by atoms with E-state index in [1.807, 2.05) is 0 Å². The highest BCUT2D eigenvalue weighted by Gasteiger charge is 2.23. The Hall–Kier alpha value is -8.64. The number of fused-ring (bicyclic) bond motifs is 8. The van der Waals surface area contributed by atoms with Gasteiger partial charge in [-0.05, 0) is 97.1 Å². The van der Waals surface area contributed by atoms with Gasteiger partial charge in [0.1, 0.15) is 22.8 Å². The lowest BCUT2D eigenvalue weighted by Crippen LogP contribution is -2.10. The highest BCUT2D eigenvalue weighted by atomic mass is 16.5. The van der Waals surface area contributed by atoms with E-state index in [1.165, 1.54) is 0 Å². The van der Waals surface area contributed by atoms with Gasteiger partial charge in [0, 0.05) is 0 Å². The Morgan fingerprint density at radius 1 is 0.317 bits per heavy atom. The molecular weight excluding hydrogens is 761 g/mol. The van der Waals surface area contributed by atoms with E-state index >= 15 is 0 Å². The first-order valence-electron chi connectivity index (χ1n) is 18.6. The topological polar surface area (TPSA) is 163 Å². The van der Waals surface area contributed by atoms with Crippen LogP contribution in [0.25, 0.3) is 46.4 Å². The number of aromatic amines is 2. The Labute approximate surface area is 341 Å². The molecule has 0 aliphatic carbocycles. The molecule has 7 aromatic rings. The highest BCUT2D eigenvalue weighted by Crippen LogP contribution is 2.37. The van der Waals surface area contributed by atoms with Crippen LogP contribution in [0.1, 0.15) is 64.2 Å². The SMILES string of the molecule is O=C(Oc1c2nc(c(OC(=O)c3ccccc3)c3ccc([nH]3)c(OC(=O)c3ccccc3)c3nc(c(OC(=O)c4ccccc4)c4ccc1[nH]4)C=C3)C=C2)c1ccccc1. The van der Waals surface area contributed by atoms with Crippen LogP contribution in [0.3, 0.4) is 0 Å². The number of rotatable bonds is 8. The largest absolute Gasteiger partial charge is 0.418 e. The van der Waals surface area contributed by atoms with E-state index < -0.39 is 23.9 Å². The molecule has 60 heavy (non-hydrogen) atoms. The maximum atomic E-state index is 13.6. The highest BCUT2D eigenvalue weighted by molar-refractivity contribution is 5.98. The van der Waals surface area contributed by atoms with Crippen molar-refractivity contribution in [3.8, 4) is 23.0 Å². The molecule has 9 rings (SSSR count). The van der Waals surface area contributed by atoms with Crippen LogP contribution in [0.15, 0.2) is 146 Å². The molecule has 0 saturated heterocycles. The third-order valence-electron chi connectivity index (χ3n) is 9.38. The summed E-state index contributed by atoms with van der Waals surface area (Å²) in [6, 6.07) is 40.4. The predicted molar refractivity (Wildman–Crippen MR) is 224 cm³/mol. The Morgan fingerprint density at radius 3 is 0.750 bits per heavy atom. The van der Waals surface area contributed by atoms with E-state index in [2.05, 4.69) is 9.97 Å². The van der Waals surface area contributed by atoms with Gasteiger partial charge in [0.15, 0.2) is 23.0 Å². The number of benzene rings is 4. The maximum Gasteiger partial charge on any atom is 0.343 e. The summed E-state index contributed by atoms with van der Waals surface area (Å²) in [5.41, 5.74) is 3.14. The summed E-state index contributed by atoms with van der Waals surface area (Å²) < 4.78 is 24.3. The van der Waals surface area contributed by atoms with Gasteiger partial charge in [-0.15, -0.1) is 0 Å². The van der Waals surface area contributed by atoms with Crippen LogP contribution >= 0.6 is 0 Å². The molecule has 2 aliphatic heterocycles. The molecule has 0 radical (unpaired) electrons. The van der Waals surface area contributed by atoms with Gasteiger partial charge in [-0.2, -0.15) is 0 Å². The first-order valence-corrected chi connectivity index (χ1v) is 18.6. The lowest BCUT2D eigenvalue weighted by molar-refractivity contribution is 0.0726. The van der Waals surface area contributed by atoms with E-state index in [9.17, 15) is 19.2 Å². The fourth-order valence-corrected chi connectivity index (χ4v) is 6.43. The van der Waals surface area contributed by atoms with Crippen LogP contribution in [-0.4, -0.2) is 43.8 Å². The minimum absolute atomic E-state index is 0.0303. The predicted octanol–water partition coefficient (Wildman–Crippen LogP) is 9.53. The number of hydrogen-bond acceptors (Lipinski definition) is 10. The molecule has 12 nitrogen and oxygen atoms in total. The summed E-state index contributed by atoms with van der Waals surface area (Å²) in [7, 11) is 0. The number of H-pyrrole nitrogens is 2. The van der Waals surface area contributed by atoms with E-state index in [-0.39, 0.29) is 68.0 Å². The summed E-state index contributed by atoms with van der Waals surface area (Å²) in [5.74, 6) is -2.53. The van der Waals surface area contributed by atoms with Crippen LogP contribution in [0.5, 0.6) is 23.0 Å². The monoisotopic (exact) mass is 790 g/mol. The molecule has 4 aromatic carbocycles. The van der Waals surface area contributed by atoms with Gasteiger partial charge in [0.2, 0.25) is 0 Å². The number of carbonyl (C=O) groups is 4. The van der Waals surface area contributed by atoms with Crippen molar-refractivity contribution in [2.45, 2.75) is 0 Å². The summed E-state index contributed by atoms with van der Waals surface area (Å²) in [4.78, 5) is 70.6. The van der Waals surface area contributed by atoms with Crippen molar-refractivity contribution >= 4 is 70.2 Å². The standard InChI is InChI=1S/C48H30N4O8/c53-45(29-13-5-1-6-14-29)57-41-33-21-23-35(49-33)42(58-46(54)30-15-7-2-8-16-30)37-25-27-39(51-37)44(60-48(56)32-19-11-4-12-20-32)40-28-26-38(52-40)43(36-24-22-34(41)50-36)59-47(55)31-17-9-3-10-18-31/h1-28,49,52H. The Morgan fingerprint density at radius 2 is 0.533 bits per heavy atom. The average molecular weight is 791 g/mol. The van der Waals surface area contributed by atoms with Crippen LogP contribution in [-0.2, 0) is 0 Å². The number of aromatic nitrogens is 4. The summed E-state index contributed by atoms with van der Waals surface area (Å²) in [5, 5.41) is 0. The van der Waals surface area contributed by atoms with Crippen LogP contribution in [0, 0.1) is 0 Å². The van der Waals surface area contributed by atoms with Crippen molar-refractivity contribution < 1.29 is 38.1 Å². The van der Waals surface area contributed by atoms with Crippen molar-refractivity contribution in [1.29, 1.82) is 0 Å². The number of nitrogens with zero attached hydrogens (tertiary/aromatic N) is 2. The Kier molecular flexibility index (Phi) is 9.91. The Bertz CT molecular complexity index is 2640. The lowest BCUT2D eigenvalue weighted by atomic mass is 10.2. The smallest absolute Gasteiger partial charge is 0.343 e. The van der Waals surface area contributed by atoms with Gasteiger partial charge in [0.25, 0.3) is 0 Å². The molecule has 2 N–H and O–H groups in total. The molecule has 8 bridgehead atoms. The van der Waals surface area contributed by atoms with Crippen LogP contribution in [0.4, 0.5) is 0 Å². The fraction of sp³-hybridized carbons (Fsp3) is 0. The summed E-state index contributed by atoms with van der Waals surface area (Å²) in [6.07, 6.45) is 6.47. The van der Waals surface area contributed by atoms with Gasteiger partial charge in [0.05, 0.1) is 44.3 Å². The van der Waals surface area contributed by atoms with Gasteiger partial charge in [-0.25, -0.2) is 29.1 Å². The second kappa shape index (κ2) is 16.1. The number of ether oxygens (including phenoxy) is 4. The van der Waals surface area contributed by atoms with Crippen molar-refractivity contribution in [2.24, 2.45) is 0 Å². The number of carbonyl (C=O) groups excluding carboxylic acids is 4. The second-order valence-corrected chi connectivity index (χ2v) is 13.3. The second-order valence-electron chi connectivity index (χ2n) is 13.3. The van der Waals surface area contributed by atoms with E-state index in [4.69, 9.17) is 28.9 Å². The van der Waals surface area contributed by atoms with Crippen molar-refractivity contribution in [3.05, 3.63) is 191 Å². The first-order chi connectivity index (χ1) is 29.4.